The zero-order valence-corrected chi connectivity index (χ0v) is 12.2. The number of anilines is 1. The summed E-state index contributed by atoms with van der Waals surface area (Å²) in [5.74, 6) is 2.06. The number of hydrogen-bond donors (Lipinski definition) is 1. The lowest BCUT2D eigenvalue weighted by Gasteiger charge is -2.37. The molecule has 1 aliphatic rings. The van der Waals surface area contributed by atoms with Crippen LogP contribution < -0.4 is 10.5 Å². The third kappa shape index (κ3) is 3.12. The molecule has 1 aromatic rings. The zero-order chi connectivity index (χ0) is 13.1. The highest BCUT2D eigenvalue weighted by Crippen LogP contribution is 2.27. The van der Waals surface area contributed by atoms with Crippen LogP contribution in [0.4, 0.5) is 5.69 Å². The fourth-order valence-electron chi connectivity index (χ4n) is 2.35. The van der Waals surface area contributed by atoms with Crippen molar-refractivity contribution in [3.63, 3.8) is 0 Å². The second-order valence-electron chi connectivity index (χ2n) is 4.90. The molecule has 1 fully saturated rings. The summed E-state index contributed by atoms with van der Waals surface area (Å²) >= 11 is 2.06. The van der Waals surface area contributed by atoms with E-state index in [4.69, 9.17) is 10.5 Å². The maximum atomic E-state index is 5.90. The molecular formula is C14H22N2OS. The number of ether oxygens (including phenoxy) is 1. The number of benzene rings is 1. The van der Waals surface area contributed by atoms with Crippen molar-refractivity contribution in [3.8, 4) is 5.75 Å². The minimum atomic E-state index is 0.608. The number of methoxy groups -OCH3 is 1. The van der Waals surface area contributed by atoms with E-state index in [-0.39, 0.29) is 0 Å². The Bertz CT molecular complexity index is 411. The minimum absolute atomic E-state index is 0.608. The van der Waals surface area contributed by atoms with Gasteiger partial charge in [0.05, 0.1) is 7.11 Å². The van der Waals surface area contributed by atoms with Crippen molar-refractivity contribution >= 4 is 17.4 Å². The van der Waals surface area contributed by atoms with Crippen LogP contribution in [0, 0.1) is 0 Å². The fraction of sp³-hybridized carbons (Fsp3) is 0.571. The zero-order valence-electron chi connectivity index (χ0n) is 11.3. The summed E-state index contributed by atoms with van der Waals surface area (Å²) in [4.78, 5) is 2.52. The number of hydrogen-bond acceptors (Lipinski definition) is 4. The van der Waals surface area contributed by atoms with Crippen molar-refractivity contribution in [2.75, 3.05) is 25.1 Å². The largest absolute Gasteiger partial charge is 0.497 e. The van der Waals surface area contributed by atoms with E-state index in [9.17, 15) is 0 Å². The number of nitrogen functional groups attached to an aromatic ring is 1. The van der Waals surface area contributed by atoms with E-state index in [1.54, 1.807) is 7.11 Å². The van der Waals surface area contributed by atoms with Gasteiger partial charge in [-0.05, 0) is 24.6 Å². The molecule has 0 saturated carbocycles. The van der Waals surface area contributed by atoms with Crippen molar-refractivity contribution in [2.24, 2.45) is 0 Å². The van der Waals surface area contributed by atoms with Crippen LogP contribution in [0.1, 0.15) is 19.4 Å². The molecular weight excluding hydrogens is 244 g/mol. The van der Waals surface area contributed by atoms with E-state index >= 15 is 0 Å². The standard InChI is InChI=1S/C14H22N2OS/c1-10-11(2)18-5-4-16(10)9-12-6-13(15)8-14(7-12)17-3/h6-8,10-11H,4-5,9,15H2,1-3H3. The smallest absolute Gasteiger partial charge is 0.121 e. The molecule has 0 amide bonds. The number of thioether (sulfide) groups is 1. The average Bonchev–Trinajstić information content (AvgIpc) is 2.34. The highest BCUT2D eigenvalue weighted by Gasteiger charge is 2.25. The summed E-state index contributed by atoms with van der Waals surface area (Å²) in [6.07, 6.45) is 0. The highest BCUT2D eigenvalue weighted by molar-refractivity contribution is 8.00. The van der Waals surface area contributed by atoms with Crippen LogP contribution in [0.25, 0.3) is 0 Å². The number of nitrogens with zero attached hydrogens (tertiary/aromatic N) is 1. The molecule has 0 radical (unpaired) electrons. The van der Waals surface area contributed by atoms with Gasteiger partial charge in [0, 0.05) is 41.9 Å². The van der Waals surface area contributed by atoms with E-state index < -0.39 is 0 Å². The predicted molar refractivity (Wildman–Crippen MR) is 79.2 cm³/mol. The predicted octanol–water partition coefficient (Wildman–Crippen LogP) is 2.60. The molecule has 18 heavy (non-hydrogen) atoms. The van der Waals surface area contributed by atoms with Crippen LogP contribution in [0.15, 0.2) is 18.2 Å². The summed E-state index contributed by atoms with van der Waals surface area (Å²) in [7, 11) is 1.68. The van der Waals surface area contributed by atoms with E-state index in [0.29, 0.717) is 11.3 Å². The molecule has 1 aliphatic heterocycles. The van der Waals surface area contributed by atoms with Gasteiger partial charge in [0.1, 0.15) is 5.75 Å². The Hall–Kier alpha value is -0.870. The molecule has 0 aliphatic carbocycles. The third-order valence-electron chi connectivity index (χ3n) is 3.62. The maximum absolute atomic E-state index is 5.90. The Labute approximate surface area is 114 Å². The summed E-state index contributed by atoms with van der Waals surface area (Å²) in [6, 6.07) is 6.59. The van der Waals surface area contributed by atoms with Gasteiger partial charge in [0.15, 0.2) is 0 Å². The van der Waals surface area contributed by atoms with E-state index in [2.05, 4.69) is 36.6 Å². The molecule has 1 aromatic carbocycles. The van der Waals surface area contributed by atoms with Crippen molar-refractivity contribution < 1.29 is 4.74 Å². The molecule has 0 aromatic heterocycles. The van der Waals surface area contributed by atoms with E-state index in [0.717, 1.165) is 24.5 Å². The average molecular weight is 266 g/mol. The number of rotatable bonds is 3. The Morgan fingerprint density at radius 1 is 1.39 bits per heavy atom. The summed E-state index contributed by atoms with van der Waals surface area (Å²) in [5, 5.41) is 0.696. The normalized spacial score (nSPS) is 25.1. The Balaban J connectivity index is 2.10. The highest BCUT2D eigenvalue weighted by atomic mass is 32.2. The molecule has 4 heteroatoms. The maximum Gasteiger partial charge on any atom is 0.121 e. The van der Waals surface area contributed by atoms with Crippen molar-refractivity contribution in [3.05, 3.63) is 23.8 Å². The molecule has 1 heterocycles. The lowest BCUT2D eigenvalue weighted by Crippen LogP contribution is -2.43. The van der Waals surface area contributed by atoms with Crippen LogP contribution in [0.2, 0.25) is 0 Å². The lowest BCUT2D eigenvalue weighted by molar-refractivity contribution is 0.204. The van der Waals surface area contributed by atoms with Crippen LogP contribution in [-0.4, -0.2) is 35.6 Å². The van der Waals surface area contributed by atoms with Crippen LogP contribution in [0.5, 0.6) is 5.75 Å². The van der Waals surface area contributed by atoms with Gasteiger partial charge >= 0.3 is 0 Å². The van der Waals surface area contributed by atoms with Gasteiger partial charge in [-0.2, -0.15) is 11.8 Å². The van der Waals surface area contributed by atoms with E-state index in [1.807, 2.05) is 12.1 Å². The Morgan fingerprint density at radius 3 is 2.89 bits per heavy atom. The van der Waals surface area contributed by atoms with E-state index in [1.165, 1.54) is 11.3 Å². The van der Waals surface area contributed by atoms with Crippen molar-refractivity contribution in [2.45, 2.75) is 31.7 Å². The van der Waals surface area contributed by atoms with Crippen LogP contribution in [-0.2, 0) is 6.54 Å². The molecule has 0 bridgehead atoms. The molecule has 3 nitrogen and oxygen atoms in total. The SMILES string of the molecule is COc1cc(N)cc(CN2CCSC(C)C2C)c1. The van der Waals surface area contributed by atoms with Gasteiger partial charge in [-0.3, -0.25) is 4.90 Å². The summed E-state index contributed by atoms with van der Waals surface area (Å²) in [5.41, 5.74) is 7.91. The van der Waals surface area contributed by atoms with Crippen molar-refractivity contribution in [1.82, 2.24) is 4.90 Å². The summed E-state index contributed by atoms with van der Waals surface area (Å²) < 4.78 is 5.27. The molecule has 2 atom stereocenters. The molecule has 2 unspecified atom stereocenters. The molecule has 2 N–H and O–H groups in total. The molecule has 1 saturated heterocycles. The fourth-order valence-corrected chi connectivity index (χ4v) is 3.51. The van der Waals surface area contributed by atoms with Crippen molar-refractivity contribution in [1.29, 1.82) is 0 Å². The Kier molecular flexibility index (Phi) is 4.40. The quantitative estimate of drug-likeness (QED) is 0.854. The monoisotopic (exact) mass is 266 g/mol. The lowest BCUT2D eigenvalue weighted by atomic mass is 10.1. The second-order valence-corrected chi connectivity index (χ2v) is 6.39. The summed E-state index contributed by atoms with van der Waals surface area (Å²) in [6.45, 7) is 6.71. The second kappa shape index (κ2) is 5.85. The van der Waals surface area contributed by atoms with Gasteiger partial charge in [-0.1, -0.05) is 6.92 Å². The topological polar surface area (TPSA) is 38.5 Å². The minimum Gasteiger partial charge on any atom is -0.497 e. The third-order valence-corrected chi connectivity index (χ3v) is 4.96. The van der Waals surface area contributed by atoms with Gasteiger partial charge in [0.25, 0.3) is 0 Å². The van der Waals surface area contributed by atoms with Gasteiger partial charge in [0.2, 0.25) is 0 Å². The first kappa shape index (κ1) is 13.6. The van der Waals surface area contributed by atoms with Gasteiger partial charge in [-0.15, -0.1) is 0 Å². The first-order valence-electron chi connectivity index (χ1n) is 6.39. The van der Waals surface area contributed by atoms with Crippen LogP contribution >= 0.6 is 11.8 Å². The molecule has 2 rings (SSSR count). The molecule has 0 spiro atoms. The van der Waals surface area contributed by atoms with Gasteiger partial charge in [-0.25, -0.2) is 0 Å². The Morgan fingerprint density at radius 2 is 2.17 bits per heavy atom. The molecule has 100 valence electrons. The first-order chi connectivity index (χ1) is 8.60. The first-order valence-corrected chi connectivity index (χ1v) is 7.44. The number of nitrogens with two attached hydrogens (primary N) is 1. The van der Waals surface area contributed by atoms with Crippen LogP contribution in [0.3, 0.4) is 0 Å². The van der Waals surface area contributed by atoms with Gasteiger partial charge < -0.3 is 10.5 Å².